The average molecular weight is 269 g/mol. The number of hydrogen-bond donors (Lipinski definition) is 1. The van der Waals surface area contributed by atoms with Crippen molar-refractivity contribution in [2.45, 2.75) is 18.4 Å². The Balaban J connectivity index is 2.32. The van der Waals surface area contributed by atoms with Crippen molar-refractivity contribution in [2.75, 3.05) is 7.11 Å². The average Bonchev–Trinajstić information content (AvgIpc) is 2.49. The number of ether oxygens (including phenoxy) is 1. The second-order valence-corrected chi connectivity index (χ2v) is 4.74. The van der Waals surface area contributed by atoms with Crippen LogP contribution in [-0.4, -0.2) is 19.1 Å². The van der Waals surface area contributed by atoms with Crippen LogP contribution in [0.15, 0.2) is 60.7 Å². The Morgan fingerprint density at radius 1 is 1.00 bits per heavy atom. The van der Waals surface area contributed by atoms with Gasteiger partial charge in [0, 0.05) is 12.0 Å². The van der Waals surface area contributed by atoms with Crippen LogP contribution in [0.3, 0.4) is 0 Å². The molecule has 0 aromatic heterocycles. The molecule has 0 fully saturated rings. The van der Waals surface area contributed by atoms with Gasteiger partial charge in [-0.05, 0) is 11.1 Å². The van der Waals surface area contributed by atoms with Gasteiger partial charge in [0.1, 0.15) is 0 Å². The molecule has 3 nitrogen and oxygen atoms in total. The third kappa shape index (κ3) is 3.45. The van der Waals surface area contributed by atoms with E-state index >= 15 is 0 Å². The van der Waals surface area contributed by atoms with Gasteiger partial charge in [0.15, 0.2) is 0 Å². The van der Waals surface area contributed by atoms with Gasteiger partial charge < -0.3 is 10.5 Å². The van der Waals surface area contributed by atoms with Crippen molar-refractivity contribution in [1.82, 2.24) is 0 Å². The van der Waals surface area contributed by atoms with Gasteiger partial charge in [-0.15, -0.1) is 0 Å². The third-order valence-electron chi connectivity index (χ3n) is 3.38. The molecule has 0 saturated carbocycles. The Morgan fingerprint density at radius 3 is 1.85 bits per heavy atom. The highest BCUT2D eigenvalue weighted by Gasteiger charge is 2.24. The van der Waals surface area contributed by atoms with Crippen molar-refractivity contribution < 1.29 is 9.53 Å². The summed E-state index contributed by atoms with van der Waals surface area (Å²) in [5.74, 6) is -0.300. The maximum absolute atomic E-state index is 11.5. The molecule has 2 aromatic rings. The van der Waals surface area contributed by atoms with Gasteiger partial charge in [-0.1, -0.05) is 60.7 Å². The van der Waals surface area contributed by atoms with E-state index in [0.29, 0.717) is 0 Å². The summed E-state index contributed by atoms with van der Waals surface area (Å²) in [5, 5.41) is 0. The predicted molar refractivity (Wildman–Crippen MR) is 79.3 cm³/mol. The molecule has 0 bridgehead atoms. The zero-order valence-corrected chi connectivity index (χ0v) is 11.5. The van der Waals surface area contributed by atoms with Crippen molar-refractivity contribution in [3.8, 4) is 0 Å². The van der Waals surface area contributed by atoms with Crippen molar-refractivity contribution in [3.63, 3.8) is 0 Å². The number of hydrogen-bond acceptors (Lipinski definition) is 3. The molecular weight excluding hydrogens is 250 g/mol. The maximum Gasteiger partial charge on any atom is 0.307 e. The first-order chi connectivity index (χ1) is 9.72. The molecule has 1 unspecified atom stereocenters. The lowest BCUT2D eigenvalue weighted by Gasteiger charge is -2.24. The Hall–Kier alpha value is -2.13. The first-order valence-electron chi connectivity index (χ1n) is 6.64. The monoisotopic (exact) mass is 269 g/mol. The van der Waals surface area contributed by atoms with Crippen molar-refractivity contribution >= 4 is 5.97 Å². The third-order valence-corrected chi connectivity index (χ3v) is 3.38. The van der Waals surface area contributed by atoms with Gasteiger partial charge in [0.05, 0.1) is 13.5 Å². The second-order valence-electron chi connectivity index (χ2n) is 4.74. The number of methoxy groups -OCH3 is 1. The Labute approximate surface area is 119 Å². The molecule has 0 aliphatic rings. The molecule has 0 aliphatic heterocycles. The van der Waals surface area contributed by atoms with Crippen molar-refractivity contribution in [1.29, 1.82) is 0 Å². The quantitative estimate of drug-likeness (QED) is 0.849. The number of carbonyl (C=O) groups excluding carboxylic acids is 1. The number of nitrogens with two attached hydrogens (primary N) is 1. The zero-order chi connectivity index (χ0) is 14.4. The minimum Gasteiger partial charge on any atom is -0.469 e. The largest absolute Gasteiger partial charge is 0.469 e. The van der Waals surface area contributed by atoms with Gasteiger partial charge in [-0.2, -0.15) is 0 Å². The van der Waals surface area contributed by atoms with Crippen molar-refractivity contribution in [2.24, 2.45) is 5.73 Å². The molecule has 3 heteroatoms. The minimum absolute atomic E-state index is 0.0171. The fraction of sp³-hybridized carbons (Fsp3) is 0.235. The van der Waals surface area contributed by atoms with Crippen LogP contribution in [0.25, 0.3) is 0 Å². The van der Waals surface area contributed by atoms with Gasteiger partial charge >= 0.3 is 5.97 Å². The molecule has 2 aromatic carbocycles. The lowest BCUT2D eigenvalue weighted by Crippen LogP contribution is -2.32. The molecule has 104 valence electrons. The van der Waals surface area contributed by atoms with Crippen LogP contribution in [0, 0.1) is 0 Å². The second kappa shape index (κ2) is 6.87. The lowest BCUT2D eigenvalue weighted by molar-refractivity contribution is -0.141. The van der Waals surface area contributed by atoms with Crippen molar-refractivity contribution in [3.05, 3.63) is 71.8 Å². The summed E-state index contributed by atoms with van der Waals surface area (Å²) in [6, 6.07) is 19.7. The van der Waals surface area contributed by atoms with Crippen LogP contribution in [-0.2, 0) is 9.53 Å². The van der Waals surface area contributed by atoms with Crippen LogP contribution >= 0.6 is 0 Å². The van der Waals surface area contributed by atoms with Crippen LogP contribution in [0.5, 0.6) is 0 Å². The number of benzene rings is 2. The Kier molecular flexibility index (Phi) is 4.91. The lowest BCUT2D eigenvalue weighted by atomic mass is 9.84. The molecule has 2 rings (SSSR count). The SMILES string of the molecule is COC(=O)CC(N)C(c1ccccc1)c1ccccc1. The molecule has 0 aliphatic carbocycles. The van der Waals surface area contributed by atoms with Gasteiger partial charge in [0.2, 0.25) is 0 Å². The Bertz CT molecular complexity index is 500. The van der Waals surface area contributed by atoms with E-state index in [4.69, 9.17) is 10.5 Å². The van der Waals surface area contributed by atoms with Gasteiger partial charge in [0.25, 0.3) is 0 Å². The highest BCUT2D eigenvalue weighted by Crippen LogP contribution is 2.28. The standard InChI is InChI=1S/C17H19NO2/c1-20-16(19)12-15(18)17(13-8-4-2-5-9-13)14-10-6-3-7-11-14/h2-11,15,17H,12,18H2,1H3. The molecule has 0 radical (unpaired) electrons. The highest BCUT2D eigenvalue weighted by atomic mass is 16.5. The van der Waals surface area contributed by atoms with E-state index in [1.807, 2.05) is 60.7 Å². The number of carbonyl (C=O) groups is 1. The molecule has 1 atom stereocenters. The predicted octanol–water partition coefficient (Wildman–Crippen LogP) is 2.71. The van der Waals surface area contributed by atoms with Gasteiger partial charge in [-0.25, -0.2) is 0 Å². The van der Waals surface area contributed by atoms with E-state index in [9.17, 15) is 4.79 Å². The first kappa shape index (κ1) is 14.3. The first-order valence-corrected chi connectivity index (χ1v) is 6.64. The molecule has 0 saturated heterocycles. The molecule has 0 amide bonds. The van der Waals surface area contributed by atoms with Crippen LogP contribution in [0.4, 0.5) is 0 Å². The van der Waals surface area contributed by atoms with E-state index in [-0.39, 0.29) is 24.3 Å². The molecule has 20 heavy (non-hydrogen) atoms. The molecule has 2 N–H and O–H groups in total. The fourth-order valence-electron chi connectivity index (χ4n) is 2.40. The number of esters is 1. The summed E-state index contributed by atoms with van der Waals surface area (Å²) < 4.78 is 4.72. The summed E-state index contributed by atoms with van der Waals surface area (Å²) in [4.78, 5) is 11.5. The zero-order valence-electron chi connectivity index (χ0n) is 11.5. The fourth-order valence-corrected chi connectivity index (χ4v) is 2.40. The molecular formula is C17H19NO2. The summed E-state index contributed by atoms with van der Waals surface area (Å²) in [6.45, 7) is 0. The Morgan fingerprint density at radius 2 is 1.45 bits per heavy atom. The molecule has 0 spiro atoms. The van der Waals surface area contributed by atoms with Crippen LogP contribution in [0.2, 0.25) is 0 Å². The van der Waals surface area contributed by atoms with Gasteiger partial charge in [-0.3, -0.25) is 4.79 Å². The highest BCUT2D eigenvalue weighted by molar-refractivity contribution is 5.70. The van der Waals surface area contributed by atoms with E-state index < -0.39 is 0 Å². The smallest absolute Gasteiger partial charge is 0.307 e. The van der Waals surface area contributed by atoms with E-state index in [1.165, 1.54) is 7.11 Å². The topological polar surface area (TPSA) is 52.3 Å². The normalized spacial score (nSPS) is 12.2. The number of rotatable bonds is 5. The summed E-state index contributed by atoms with van der Waals surface area (Å²) in [7, 11) is 1.38. The van der Waals surface area contributed by atoms with E-state index in [1.54, 1.807) is 0 Å². The van der Waals surface area contributed by atoms with Crippen LogP contribution < -0.4 is 5.73 Å². The summed E-state index contributed by atoms with van der Waals surface area (Å²) in [6.07, 6.45) is 0.199. The van der Waals surface area contributed by atoms with Crippen LogP contribution in [0.1, 0.15) is 23.5 Å². The molecule has 0 heterocycles. The summed E-state index contributed by atoms with van der Waals surface area (Å²) >= 11 is 0. The summed E-state index contributed by atoms with van der Waals surface area (Å²) in [5.41, 5.74) is 8.47. The van der Waals surface area contributed by atoms with E-state index in [2.05, 4.69) is 0 Å². The van der Waals surface area contributed by atoms with E-state index in [0.717, 1.165) is 11.1 Å². The maximum atomic E-state index is 11.5. The minimum atomic E-state index is -0.313.